The van der Waals surface area contributed by atoms with E-state index in [0.717, 1.165) is 24.3 Å². The molecule has 220 valence electrons. The number of hydrogen-bond acceptors (Lipinski definition) is 6. The van der Waals surface area contributed by atoms with E-state index in [2.05, 4.69) is 13.8 Å². The minimum absolute atomic E-state index is 0.339. The molecule has 41 heavy (non-hydrogen) atoms. The normalized spacial score (nSPS) is 10.7. The third-order valence-corrected chi connectivity index (χ3v) is 6.71. The van der Waals surface area contributed by atoms with Gasteiger partial charge in [0.05, 0.1) is 24.3 Å². The van der Waals surface area contributed by atoms with Crippen LogP contribution in [0.25, 0.3) is 0 Å². The van der Waals surface area contributed by atoms with Gasteiger partial charge in [0.1, 0.15) is 23.0 Å². The lowest BCUT2D eigenvalue weighted by atomic mass is 10.1. The fourth-order valence-electron chi connectivity index (χ4n) is 4.25. The van der Waals surface area contributed by atoms with Crippen LogP contribution >= 0.6 is 0 Å². The molecule has 0 saturated carbocycles. The highest BCUT2D eigenvalue weighted by molar-refractivity contribution is 5.92. The van der Waals surface area contributed by atoms with E-state index in [-0.39, 0.29) is 0 Å². The maximum atomic E-state index is 12.6. The van der Waals surface area contributed by atoms with Crippen molar-refractivity contribution in [1.82, 2.24) is 0 Å². The molecule has 6 nitrogen and oxygen atoms in total. The topological polar surface area (TPSA) is 71.1 Å². The Hall–Kier alpha value is -3.80. The molecule has 0 atom stereocenters. The van der Waals surface area contributed by atoms with Crippen molar-refractivity contribution < 1.29 is 28.5 Å². The molecular formula is C35H44O6. The van der Waals surface area contributed by atoms with Crippen LogP contribution in [0.5, 0.6) is 23.0 Å². The van der Waals surface area contributed by atoms with Crippen molar-refractivity contribution in [3.8, 4) is 23.0 Å². The molecular weight excluding hydrogens is 516 g/mol. The van der Waals surface area contributed by atoms with Gasteiger partial charge >= 0.3 is 11.9 Å². The molecule has 6 heteroatoms. The molecule has 0 saturated heterocycles. The molecule has 0 aliphatic rings. The number of esters is 2. The van der Waals surface area contributed by atoms with Gasteiger partial charge < -0.3 is 18.9 Å². The zero-order valence-corrected chi connectivity index (χ0v) is 24.6. The largest absolute Gasteiger partial charge is 0.494 e. The van der Waals surface area contributed by atoms with Crippen LogP contribution in [-0.2, 0) is 0 Å². The summed E-state index contributed by atoms with van der Waals surface area (Å²) in [5, 5.41) is 0. The highest BCUT2D eigenvalue weighted by atomic mass is 16.5. The van der Waals surface area contributed by atoms with E-state index in [1.165, 1.54) is 57.8 Å². The summed E-state index contributed by atoms with van der Waals surface area (Å²) in [6.45, 7) is 5.76. The van der Waals surface area contributed by atoms with Crippen LogP contribution in [0.1, 0.15) is 105 Å². The molecule has 0 amide bonds. The first-order valence-corrected chi connectivity index (χ1v) is 15.1. The summed E-state index contributed by atoms with van der Waals surface area (Å²) in [6.07, 6.45) is 13.2. The van der Waals surface area contributed by atoms with Crippen molar-refractivity contribution >= 4 is 11.9 Å². The number of hydrogen-bond donors (Lipinski definition) is 0. The Labute approximate surface area is 245 Å². The van der Waals surface area contributed by atoms with E-state index in [1.54, 1.807) is 72.8 Å². The summed E-state index contributed by atoms with van der Waals surface area (Å²) >= 11 is 0. The Bertz CT molecular complexity index is 1150. The fraction of sp³-hybridized carbons (Fsp3) is 0.429. The summed E-state index contributed by atoms with van der Waals surface area (Å²) in [5.74, 6) is 1.28. The summed E-state index contributed by atoms with van der Waals surface area (Å²) in [7, 11) is 0. The minimum atomic E-state index is -0.496. The summed E-state index contributed by atoms with van der Waals surface area (Å²) in [4.78, 5) is 25.1. The molecule has 0 bridgehead atoms. The molecule has 0 fully saturated rings. The molecule has 0 radical (unpaired) electrons. The molecule has 3 aromatic carbocycles. The zero-order chi connectivity index (χ0) is 29.1. The first-order valence-electron chi connectivity index (χ1n) is 15.1. The van der Waals surface area contributed by atoms with Gasteiger partial charge in [0.25, 0.3) is 0 Å². The van der Waals surface area contributed by atoms with Crippen LogP contribution < -0.4 is 18.9 Å². The predicted octanol–water partition coefficient (Wildman–Crippen LogP) is 9.21. The maximum absolute atomic E-state index is 12.6. The van der Waals surface area contributed by atoms with Crippen LogP contribution in [-0.4, -0.2) is 25.2 Å². The van der Waals surface area contributed by atoms with Gasteiger partial charge in [-0.25, -0.2) is 9.59 Å². The second-order valence-corrected chi connectivity index (χ2v) is 10.2. The SMILES string of the molecule is CCCCCCCCOc1ccc(C(=O)Oc2ccc(C(=O)Oc3ccc(OCCCCCCC)cc3)cc2)cc1. The van der Waals surface area contributed by atoms with Crippen molar-refractivity contribution in [3.05, 3.63) is 83.9 Å². The van der Waals surface area contributed by atoms with Crippen LogP contribution in [0.3, 0.4) is 0 Å². The van der Waals surface area contributed by atoms with Gasteiger partial charge in [0.15, 0.2) is 0 Å². The highest BCUT2D eigenvalue weighted by Gasteiger charge is 2.12. The first kappa shape index (κ1) is 31.7. The maximum Gasteiger partial charge on any atom is 0.343 e. The van der Waals surface area contributed by atoms with E-state index in [9.17, 15) is 9.59 Å². The van der Waals surface area contributed by atoms with Gasteiger partial charge in [-0.15, -0.1) is 0 Å². The Balaban J connectivity index is 1.39. The standard InChI is InChI=1S/C35H44O6/c1-3-5-7-9-11-13-27-38-30-18-14-28(15-19-30)34(36)40-32-20-16-29(17-21-32)35(37)41-33-24-22-31(23-25-33)39-26-12-10-8-6-4-2/h14-25H,3-13,26-27H2,1-2H3. The van der Waals surface area contributed by atoms with Crippen molar-refractivity contribution in [2.45, 2.75) is 84.5 Å². The lowest BCUT2D eigenvalue weighted by Crippen LogP contribution is -2.10. The number of benzene rings is 3. The second kappa shape index (κ2) is 18.5. The van der Waals surface area contributed by atoms with Gasteiger partial charge in [0, 0.05) is 0 Å². The molecule has 0 aliphatic carbocycles. The van der Waals surface area contributed by atoms with E-state index in [4.69, 9.17) is 18.9 Å². The Morgan fingerprint density at radius 2 is 0.756 bits per heavy atom. The van der Waals surface area contributed by atoms with Crippen molar-refractivity contribution in [2.24, 2.45) is 0 Å². The van der Waals surface area contributed by atoms with Gasteiger partial charge in [-0.3, -0.25) is 0 Å². The number of carbonyl (C=O) groups excluding carboxylic acids is 2. The molecule has 0 unspecified atom stereocenters. The quantitative estimate of drug-likeness (QED) is 0.0827. The summed E-state index contributed by atoms with van der Waals surface area (Å²) in [6, 6.07) is 20.2. The monoisotopic (exact) mass is 560 g/mol. The molecule has 0 N–H and O–H groups in total. The summed E-state index contributed by atoms with van der Waals surface area (Å²) in [5.41, 5.74) is 0.772. The number of carbonyl (C=O) groups is 2. The van der Waals surface area contributed by atoms with Gasteiger partial charge in [0.2, 0.25) is 0 Å². The van der Waals surface area contributed by atoms with Crippen LogP contribution in [0.15, 0.2) is 72.8 Å². The molecule has 0 heterocycles. The second-order valence-electron chi connectivity index (χ2n) is 10.2. The number of ether oxygens (including phenoxy) is 4. The van der Waals surface area contributed by atoms with E-state index < -0.39 is 11.9 Å². The van der Waals surface area contributed by atoms with E-state index >= 15 is 0 Å². The Kier molecular flexibility index (Phi) is 14.3. The van der Waals surface area contributed by atoms with Crippen LogP contribution in [0.4, 0.5) is 0 Å². The van der Waals surface area contributed by atoms with Crippen LogP contribution in [0.2, 0.25) is 0 Å². The van der Waals surface area contributed by atoms with Crippen molar-refractivity contribution in [3.63, 3.8) is 0 Å². The average Bonchev–Trinajstić information content (AvgIpc) is 3.00. The van der Waals surface area contributed by atoms with E-state index in [0.29, 0.717) is 35.8 Å². The highest BCUT2D eigenvalue weighted by Crippen LogP contribution is 2.21. The van der Waals surface area contributed by atoms with Gasteiger partial charge in [-0.2, -0.15) is 0 Å². The third-order valence-electron chi connectivity index (χ3n) is 6.71. The molecule has 0 aliphatic heterocycles. The molecule has 3 aromatic rings. The third kappa shape index (κ3) is 12.1. The lowest BCUT2D eigenvalue weighted by Gasteiger charge is -2.09. The minimum Gasteiger partial charge on any atom is -0.494 e. The van der Waals surface area contributed by atoms with Gasteiger partial charge in [-0.05, 0) is 85.6 Å². The molecule has 0 aromatic heterocycles. The average molecular weight is 561 g/mol. The smallest absolute Gasteiger partial charge is 0.343 e. The number of rotatable bonds is 19. The molecule has 0 spiro atoms. The lowest BCUT2D eigenvalue weighted by molar-refractivity contribution is 0.0730. The first-order chi connectivity index (χ1) is 20.1. The predicted molar refractivity (Wildman–Crippen MR) is 162 cm³/mol. The van der Waals surface area contributed by atoms with Gasteiger partial charge in [-0.1, -0.05) is 71.6 Å². The number of unbranched alkanes of at least 4 members (excludes halogenated alkanes) is 9. The fourth-order valence-corrected chi connectivity index (χ4v) is 4.25. The summed E-state index contributed by atoms with van der Waals surface area (Å²) < 4.78 is 22.5. The Morgan fingerprint density at radius 3 is 1.17 bits per heavy atom. The molecule has 3 rings (SSSR count). The van der Waals surface area contributed by atoms with Crippen LogP contribution in [0, 0.1) is 0 Å². The van der Waals surface area contributed by atoms with Crippen molar-refractivity contribution in [2.75, 3.05) is 13.2 Å². The Morgan fingerprint density at radius 1 is 0.439 bits per heavy atom. The van der Waals surface area contributed by atoms with E-state index in [1.807, 2.05) is 0 Å². The van der Waals surface area contributed by atoms with Crippen molar-refractivity contribution in [1.29, 1.82) is 0 Å². The zero-order valence-electron chi connectivity index (χ0n) is 24.6.